The molecule has 4 heteroatoms. The first-order valence-electron chi connectivity index (χ1n) is 5.83. The number of amides is 1. The van der Waals surface area contributed by atoms with E-state index in [-0.39, 0.29) is 11.9 Å². The van der Waals surface area contributed by atoms with Gasteiger partial charge < -0.3 is 10.6 Å². The Kier molecular flexibility index (Phi) is 6.10. The second-order valence-corrected chi connectivity index (χ2v) is 5.34. The molecule has 3 nitrogen and oxygen atoms in total. The number of carbonyl (C=O) groups is 1. The van der Waals surface area contributed by atoms with Gasteiger partial charge in [-0.1, -0.05) is 6.92 Å². The maximum atomic E-state index is 11.6. The summed E-state index contributed by atoms with van der Waals surface area (Å²) < 4.78 is 0. The van der Waals surface area contributed by atoms with E-state index in [1.54, 1.807) is 0 Å². The van der Waals surface area contributed by atoms with E-state index in [1.165, 1.54) is 11.5 Å². The van der Waals surface area contributed by atoms with Gasteiger partial charge in [-0.3, -0.25) is 4.79 Å². The lowest BCUT2D eigenvalue weighted by atomic mass is 10.1. The molecule has 1 amide bonds. The second kappa shape index (κ2) is 7.12. The maximum absolute atomic E-state index is 11.6. The first-order valence-corrected chi connectivity index (χ1v) is 6.98. The van der Waals surface area contributed by atoms with Crippen LogP contribution in [0.3, 0.4) is 0 Å². The van der Waals surface area contributed by atoms with E-state index in [0.717, 1.165) is 19.4 Å². The number of thioether (sulfide) groups is 1. The first-order chi connectivity index (χ1) is 7.22. The van der Waals surface area contributed by atoms with Crippen molar-refractivity contribution in [1.82, 2.24) is 10.6 Å². The molecule has 1 aliphatic heterocycles. The maximum Gasteiger partial charge on any atom is 0.221 e. The quantitative estimate of drug-likeness (QED) is 0.750. The lowest BCUT2D eigenvalue weighted by Gasteiger charge is -2.23. The summed E-state index contributed by atoms with van der Waals surface area (Å²) in [7, 11) is 0. The monoisotopic (exact) mass is 230 g/mol. The van der Waals surface area contributed by atoms with E-state index in [4.69, 9.17) is 0 Å². The summed E-state index contributed by atoms with van der Waals surface area (Å²) in [6.45, 7) is 5.04. The molecular weight excluding hydrogens is 208 g/mol. The molecule has 1 rings (SSSR count). The van der Waals surface area contributed by atoms with E-state index < -0.39 is 0 Å². The third-order valence-corrected chi connectivity index (χ3v) is 3.68. The summed E-state index contributed by atoms with van der Waals surface area (Å²) in [6.07, 6.45) is 2.86. The highest BCUT2D eigenvalue weighted by Crippen LogP contribution is 2.16. The molecule has 0 aliphatic carbocycles. The normalized spacial score (nSPS) is 19.9. The Balaban J connectivity index is 2.16. The lowest BCUT2D eigenvalue weighted by molar-refractivity contribution is -0.122. The minimum Gasteiger partial charge on any atom is -0.353 e. The number of hydrogen-bond acceptors (Lipinski definition) is 3. The summed E-state index contributed by atoms with van der Waals surface area (Å²) in [5.74, 6) is 2.57. The number of rotatable bonds is 5. The highest BCUT2D eigenvalue weighted by molar-refractivity contribution is 7.99. The molecule has 0 radical (unpaired) electrons. The van der Waals surface area contributed by atoms with Crippen molar-refractivity contribution in [2.45, 2.75) is 45.2 Å². The van der Waals surface area contributed by atoms with E-state index >= 15 is 0 Å². The highest BCUT2D eigenvalue weighted by Gasteiger charge is 2.16. The summed E-state index contributed by atoms with van der Waals surface area (Å²) in [4.78, 5) is 11.6. The van der Waals surface area contributed by atoms with Gasteiger partial charge in [-0.25, -0.2) is 0 Å². The molecule has 0 aromatic carbocycles. The van der Waals surface area contributed by atoms with Crippen LogP contribution >= 0.6 is 11.8 Å². The molecule has 0 aromatic heterocycles. The molecule has 0 bridgehead atoms. The van der Waals surface area contributed by atoms with E-state index in [9.17, 15) is 4.79 Å². The van der Waals surface area contributed by atoms with Crippen LogP contribution in [0.15, 0.2) is 0 Å². The van der Waals surface area contributed by atoms with Gasteiger partial charge in [-0.05, 0) is 37.8 Å². The molecule has 2 N–H and O–H groups in total. The van der Waals surface area contributed by atoms with Crippen LogP contribution in [0.1, 0.15) is 33.1 Å². The zero-order chi connectivity index (χ0) is 11.1. The fraction of sp³-hybridized carbons (Fsp3) is 0.909. The van der Waals surface area contributed by atoms with E-state index in [2.05, 4.69) is 24.5 Å². The standard InChI is InChI=1S/C11H22N2OS/c1-3-12-9(2)8-11(14)13-10-4-6-15-7-5-10/h9-10,12H,3-8H2,1-2H3,(H,13,14). The van der Waals surface area contributed by atoms with Gasteiger partial charge in [0.1, 0.15) is 0 Å². The molecule has 0 spiro atoms. The van der Waals surface area contributed by atoms with Crippen LogP contribution in [0, 0.1) is 0 Å². The zero-order valence-electron chi connectivity index (χ0n) is 9.71. The van der Waals surface area contributed by atoms with Crippen molar-refractivity contribution >= 4 is 17.7 Å². The Hall–Kier alpha value is -0.220. The molecule has 1 saturated heterocycles. The third-order valence-electron chi connectivity index (χ3n) is 2.63. The molecule has 0 saturated carbocycles. The third kappa shape index (κ3) is 5.42. The van der Waals surface area contributed by atoms with Crippen molar-refractivity contribution in [2.24, 2.45) is 0 Å². The predicted octanol–water partition coefficient (Wildman–Crippen LogP) is 1.39. The fourth-order valence-electron chi connectivity index (χ4n) is 1.83. The van der Waals surface area contributed by atoms with Crippen molar-refractivity contribution in [3.8, 4) is 0 Å². The highest BCUT2D eigenvalue weighted by atomic mass is 32.2. The van der Waals surface area contributed by atoms with Gasteiger partial charge in [0.25, 0.3) is 0 Å². The van der Waals surface area contributed by atoms with Gasteiger partial charge in [-0.2, -0.15) is 11.8 Å². The zero-order valence-corrected chi connectivity index (χ0v) is 10.5. The summed E-state index contributed by atoms with van der Waals surface area (Å²) in [5, 5.41) is 6.36. The van der Waals surface area contributed by atoms with Crippen LogP contribution in [0.2, 0.25) is 0 Å². The van der Waals surface area contributed by atoms with Crippen molar-refractivity contribution < 1.29 is 4.79 Å². The second-order valence-electron chi connectivity index (χ2n) is 4.12. The van der Waals surface area contributed by atoms with Crippen LogP contribution in [0.4, 0.5) is 0 Å². The molecule has 1 fully saturated rings. The lowest BCUT2D eigenvalue weighted by Crippen LogP contribution is -2.40. The Morgan fingerprint density at radius 2 is 2.13 bits per heavy atom. The SMILES string of the molecule is CCNC(C)CC(=O)NC1CCSCC1. The largest absolute Gasteiger partial charge is 0.353 e. The van der Waals surface area contributed by atoms with Crippen LogP contribution in [-0.4, -0.2) is 36.0 Å². The van der Waals surface area contributed by atoms with Gasteiger partial charge in [0, 0.05) is 18.5 Å². The van der Waals surface area contributed by atoms with Gasteiger partial charge in [-0.15, -0.1) is 0 Å². The van der Waals surface area contributed by atoms with Gasteiger partial charge in [0.05, 0.1) is 0 Å². The molecule has 1 heterocycles. The van der Waals surface area contributed by atoms with Gasteiger partial charge in [0.15, 0.2) is 0 Å². The Morgan fingerprint density at radius 1 is 1.47 bits per heavy atom. The van der Waals surface area contributed by atoms with Crippen LogP contribution in [-0.2, 0) is 4.79 Å². The average Bonchev–Trinajstić information content (AvgIpc) is 2.19. The molecular formula is C11H22N2OS. The topological polar surface area (TPSA) is 41.1 Å². The first kappa shape index (κ1) is 12.8. The Labute approximate surface area is 96.8 Å². The van der Waals surface area contributed by atoms with Crippen molar-refractivity contribution in [2.75, 3.05) is 18.1 Å². The molecule has 15 heavy (non-hydrogen) atoms. The molecule has 0 aromatic rings. The smallest absolute Gasteiger partial charge is 0.221 e. The van der Waals surface area contributed by atoms with Gasteiger partial charge >= 0.3 is 0 Å². The molecule has 1 aliphatic rings. The Morgan fingerprint density at radius 3 is 2.73 bits per heavy atom. The summed E-state index contributed by atoms with van der Waals surface area (Å²) in [5.41, 5.74) is 0. The van der Waals surface area contributed by atoms with Crippen LogP contribution in [0.25, 0.3) is 0 Å². The summed E-state index contributed by atoms with van der Waals surface area (Å²) in [6, 6.07) is 0.709. The summed E-state index contributed by atoms with van der Waals surface area (Å²) >= 11 is 1.98. The van der Waals surface area contributed by atoms with E-state index in [1.807, 2.05) is 11.8 Å². The minimum atomic E-state index is 0.195. The van der Waals surface area contributed by atoms with Crippen molar-refractivity contribution in [3.63, 3.8) is 0 Å². The fourth-order valence-corrected chi connectivity index (χ4v) is 2.93. The van der Waals surface area contributed by atoms with Crippen molar-refractivity contribution in [1.29, 1.82) is 0 Å². The molecule has 1 atom stereocenters. The molecule has 1 unspecified atom stereocenters. The minimum absolute atomic E-state index is 0.195. The number of hydrogen-bond donors (Lipinski definition) is 2. The van der Waals surface area contributed by atoms with E-state index in [0.29, 0.717) is 12.5 Å². The van der Waals surface area contributed by atoms with Crippen molar-refractivity contribution in [3.05, 3.63) is 0 Å². The van der Waals surface area contributed by atoms with Crippen LogP contribution in [0.5, 0.6) is 0 Å². The Bertz CT molecular complexity index is 193. The van der Waals surface area contributed by atoms with Crippen LogP contribution < -0.4 is 10.6 Å². The number of carbonyl (C=O) groups excluding carboxylic acids is 1. The predicted molar refractivity (Wildman–Crippen MR) is 66.2 cm³/mol. The molecule has 88 valence electrons. The average molecular weight is 230 g/mol. The van der Waals surface area contributed by atoms with Gasteiger partial charge in [0.2, 0.25) is 5.91 Å². The number of nitrogens with one attached hydrogen (secondary N) is 2.